The summed E-state index contributed by atoms with van der Waals surface area (Å²) in [6.45, 7) is 6.47. The van der Waals surface area contributed by atoms with Crippen LogP contribution in [0.3, 0.4) is 0 Å². The monoisotopic (exact) mass is 428 g/mol. The molecule has 5 rings (SSSR count). The predicted molar refractivity (Wildman–Crippen MR) is 135 cm³/mol. The van der Waals surface area contributed by atoms with Crippen molar-refractivity contribution in [2.75, 3.05) is 56.1 Å². The zero-order chi connectivity index (χ0) is 21.8. The Kier molecular flexibility index (Phi) is 6.49. The van der Waals surface area contributed by atoms with E-state index in [2.05, 4.69) is 87.7 Å². The van der Waals surface area contributed by atoms with E-state index >= 15 is 0 Å². The first kappa shape index (κ1) is 21.1. The van der Waals surface area contributed by atoms with Gasteiger partial charge in [0.25, 0.3) is 0 Å². The van der Waals surface area contributed by atoms with E-state index in [4.69, 9.17) is 0 Å². The van der Waals surface area contributed by atoms with Gasteiger partial charge < -0.3 is 20.0 Å². The molecule has 0 aliphatic carbocycles. The number of hydrogen-bond donors (Lipinski definition) is 1. The van der Waals surface area contributed by atoms with Crippen LogP contribution in [0.1, 0.15) is 30.4 Å². The Labute approximate surface area is 193 Å². The van der Waals surface area contributed by atoms with E-state index in [1.807, 2.05) is 0 Å². The lowest BCUT2D eigenvalue weighted by molar-refractivity contribution is 0.345. The first-order valence-electron chi connectivity index (χ1n) is 12.3. The van der Waals surface area contributed by atoms with Crippen molar-refractivity contribution in [2.24, 2.45) is 0 Å². The summed E-state index contributed by atoms with van der Waals surface area (Å²) in [5.74, 6) is 1.31. The molecule has 0 spiro atoms. The highest BCUT2D eigenvalue weighted by molar-refractivity contribution is 5.61. The Morgan fingerprint density at radius 2 is 1.75 bits per heavy atom. The summed E-state index contributed by atoms with van der Waals surface area (Å²) in [6, 6.07) is 18.2. The van der Waals surface area contributed by atoms with Crippen LogP contribution in [0, 0.1) is 0 Å². The molecule has 0 amide bonds. The number of para-hydroxylation sites is 1. The van der Waals surface area contributed by atoms with Gasteiger partial charge >= 0.3 is 0 Å². The summed E-state index contributed by atoms with van der Waals surface area (Å²) >= 11 is 0. The summed E-state index contributed by atoms with van der Waals surface area (Å²) in [5, 5.41) is 3.66. The van der Waals surface area contributed by atoms with Crippen LogP contribution in [0.4, 0.5) is 11.4 Å². The predicted octanol–water partition coefficient (Wildman–Crippen LogP) is 4.58. The standard InChI is InChI=1S/C28H36N4/c1-30(20-16-23-10-14-26(15-11-23)31-18-4-5-19-31)21-22-32-27-9-3-2-7-24(27)12-13-25-8-6-17-29-28(25)32/h2-3,6-11,14-15,29H,4-5,12-13,16-22H2,1H3. The number of anilines is 2. The van der Waals surface area contributed by atoms with Crippen LogP contribution in [-0.4, -0.2) is 51.2 Å². The molecule has 168 valence electrons. The molecule has 32 heavy (non-hydrogen) atoms. The van der Waals surface area contributed by atoms with E-state index in [9.17, 15) is 0 Å². The summed E-state index contributed by atoms with van der Waals surface area (Å²) in [5.41, 5.74) is 7.08. The van der Waals surface area contributed by atoms with E-state index in [-0.39, 0.29) is 0 Å². The third-order valence-corrected chi connectivity index (χ3v) is 7.12. The lowest BCUT2D eigenvalue weighted by Gasteiger charge is -2.32. The number of allylic oxidation sites excluding steroid dienone is 2. The molecule has 1 N–H and O–H groups in total. The van der Waals surface area contributed by atoms with Crippen molar-refractivity contribution in [2.45, 2.75) is 32.1 Å². The maximum atomic E-state index is 3.66. The molecule has 2 aromatic carbocycles. The maximum Gasteiger partial charge on any atom is 0.109 e. The number of hydrogen-bond acceptors (Lipinski definition) is 4. The van der Waals surface area contributed by atoms with Crippen LogP contribution in [0.2, 0.25) is 0 Å². The highest BCUT2D eigenvalue weighted by Crippen LogP contribution is 2.32. The van der Waals surface area contributed by atoms with Crippen LogP contribution in [-0.2, 0) is 12.8 Å². The van der Waals surface area contributed by atoms with Crippen molar-refractivity contribution in [1.29, 1.82) is 0 Å². The highest BCUT2D eigenvalue weighted by Gasteiger charge is 2.23. The van der Waals surface area contributed by atoms with Crippen molar-refractivity contribution in [1.82, 2.24) is 10.2 Å². The molecule has 4 nitrogen and oxygen atoms in total. The average molecular weight is 429 g/mol. The van der Waals surface area contributed by atoms with Crippen LogP contribution in [0.5, 0.6) is 0 Å². The summed E-state index contributed by atoms with van der Waals surface area (Å²) in [7, 11) is 2.26. The third kappa shape index (κ3) is 4.71. The van der Waals surface area contributed by atoms with Gasteiger partial charge in [0.15, 0.2) is 0 Å². The summed E-state index contributed by atoms with van der Waals surface area (Å²) < 4.78 is 0. The number of nitrogens with zero attached hydrogens (tertiary/aromatic N) is 3. The molecule has 3 aliphatic rings. The molecular weight excluding hydrogens is 392 g/mol. The number of nitrogens with one attached hydrogen (secondary N) is 1. The van der Waals surface area contributed by atoms with Gasteiger partial charge in [-0.1, -0.05) is 42.5 Å². The van der Waals surface area contributed by atoms with E-state index < -0.39 is 0 Å². The molecule has 3 aliphatic heterocycles. The topological polar surface area (TPSA) is 21.8 Å². The second-order valence-corrected chi connectivity index (χ2v) is 9.35. The molecule has 0 atom stereocenters. The van der Waals surface area contributed by atoms with Gasteiger partial charge in [-0.2, -0.15) is 0 Å². The molecule has 3 heterocycles. The van der Waals surface area contributed by atoms with Gasteiger partial charge in [-0.3, -0.25) is 0 Å². The highest BCUT2D eigenvalue weighted by atomic mass is 15.3. The van der Waals surface area contributed by atoms with Crippen molar-refractivity contribution < 1.29 is 0 Å². The molecule has 0 saturated carbocycles. The first-order chi connectivity index (χ1) is 15.8. The van der Waals surface area contributed by atoms with E-state index in [0.29, 0.717) is 0 Å². The number of dihydropyridines is 1. The molecule has 0 aromatic heterocycles. The average Bonchev–Trinajstić information content (AvgIpc) is 3.33. The number of fused-ring (bicyclic) bond motifs is 1. The Balaban J connectivity index is 1.20. The number of aryl methyl sites for hydroxylation is 1. The smallest absolute Gasteiger partial charge is 0.109 e. The fraction of sp³-hybridized carbons (Fsp3) is 0.429. The Morgan fingerprint density at radius 1 is 0.938 bits per heavy atom. The largest absolute Gasteiger partial charge is 0.372 e. The van der Waals surface area contributed by atoms with Gasteiger partial charge in [0.05, 0.1) is 0 Å². The molecule has 0 bridgehead atoms. The summed E-state index contributed by atoms with van der Waals surface area (Å²) in [4.78, 5) is 7.50. The fourth-order valence-electron chi connectivity index (χ4n) is 5.18. The second kappa shape index (κ2) is 9.83. The van der Waals surface area contributed by atoms with E-state index in [0.717, 1.165) is 45.4 Å². The van der Waals surface area contributed by atoms with Crippen LogP contribution in [0.25, 0.3) is 0 Å². The zero-order valence-electron chi connectivity index (χ0n) is 19.4. The minimum atomic E-state index is 0.917. The molecule has 1 saturated heterocycles. The van der Waals surface area contributed by atoms with Gasteiger partial charge in [-0.15, -0.1) is 0 Å². The van der Waals surface area contributed by atoms with Crippen molar-refractivity contribution in [3.05, 3.63) is 83.2 Å². The van der Waals surface area contributed by atoms with Crippen molar-refractivity contribution in [3.63, 3.8) is 0 Å². The van der Waals surface area contributed by atoms with Gasteiger partial charge in [0.1, 0.15) is 5.82 Å². The Bertz CT molecular complexity index is 969. The number of rotatable bonds is 7. The SMILES string of the molecule is CN(CCc1ccc(N2CCCC2)cc1)CCN1C2=C(C=CCN2)CCc2ccccc21. The van der Waals surface area contributed by atoms with Gasteiger partial charge in [0, 0.05) is 50.6 Å². The van der Waals surface area contributed by atoms with Crippen molar-refractivity contribution >= 4 is 11.4 Å². The van der Waals surface area contributed by atoms with Crippen LogP contribution in [0.15, 0.2) is 72.1 Å². The molecule has 2 aromatic rings. The lowest BCUT2D eigenvalue weighted by Crippen LogP contribution is -2.39. The molecule has 4 heteroatoms. The van der Waals surface area contributed by atoms with Crippen LogP contribution < -0.4 is 15.1 Å². The Hall–Kier alpha value is -2.72. The van der Waals surface area contributed by atoms with E-state index in [1.165, 1.54) is 59.8 Å². The summed E-state index contributed by atoms with van der Waals surface area (Å²) in [6.07, 6.45) is 10.5. The maximum absolute atomic E-state index is 3.66. The zero-order valence-corrected chi connectivity index (χ0v) is 19.4. The second-order valence-electron chi connectivity index (χ2n) is 9.35. The Morgan fingerprint density at radius 3 is 2.59 bits per heavy atom. The number of likely N-dealkylation sites (N-methyl/N-ethyl adjacent to an activating group) is 1. The van der Waals surface area contributed by atoms with Crippen molar-refractivity contribution in [3.8, 4) is 0 Å². The molecule has 1 fully saturated rings. The fourth-order valence-corrected chi connectivity index (χ4v) is 5.18. The first-order valence-corrected chi connectivity index (χ1v) is 12.3. The van der Waals surface area contributed by atoms with E-state index in [1.54, 1.807) is 0 Å². The lowest BCUT2D eigenvalue weighted by atomic mass is 10.0. The quantitative estimate of drug-likeness (QED) is 0.696. The molecule has 0 unspecified atom stereocenters. The number of benzene rings is 2. The van der Waals surface area contributed by atoms with Gasteiger partial charge in [0.2, 0.25) is 0 Å². The minimum Gasteiger partial charge on any atom is -0.372 e. The molecular formula is C28H36N4. The minimum absolute atomic E-state index is 0.917. The van der Waals surface area contributed by atoms with Crippen LogP contribution >= 0.6 is 0 Å². The third-order valence-electron chi connectivity index (χ3n) is 7.12. The molecule has 0 radical (unpaired) electrons. The van der Waals surface area contributed by atoms with Gasteiger partial charge in [-0.05, 0) is 74.1 Å². The normalized spacial score (nSPS) is 17.9. The van der Waals surface area contributed by atoms with Gasteiger partial charge in [-0.25, -0.2) is 0 Å².